The van der Waals surface area contributed by atoms with Crippen molar-refractivity contribution in [3.63, 3.8) is 0 Å². The highest BCUT2D eigenvalue weighted by molar-refractivity contribution is 5.40. The molecule has 0 unspecified atom stereocenters. The Labute approximate surface area is 99.8 Å². The first-order valence-electron chi connectivity index (χ1n) is 5.70. The number of likely N-dealkylation sites (tertiary alicyclic amines) is 1. The average molecular weight is 236 g/mol. The molecule has 0 aromatic carbocycles. The van der Waals surface area contributed by atoms with Gasteiger partial charge in [0, 0.05) is 12.1 Å². The Kier molecular flexibility index (Phi) is 3.53. The maximum atomic E-state index is 10.5. The fourth-order valence-corrected chi connectivity index (χ4v) is 1.94. The molecule has 0 radical (unpaired) electrons. The van der Waals surface area contributed by atoms with Gasteiger partial charge in [0.25, 0.3) is 5.69 Å². The summed E-state index contributed by atoms with van der Waals surface area (Å²) in [7, 11) is 2.11. The Bertz CT molecular complexity index is 385. The van der Waals surface area contributed by atoms with E-state index in [1.165, 1.54) is 12.3 Å². The van der Waals surface area contributed by atoms with Gasteiger partial charge in [-0.25, -0.2) is 4.98 Å². The summed E-state index contributed by atoms with van der Waals surface area (Å²) in [5, 5.41) is 13.8. The molecule has 0 amide bonds. The topological polar surface area (TPSA) is 71.3 Å². The third-order valence-corrected chi connectivity index (χ3v) is 3.03. The van der Waals surface area contributed by atoms with Crippen LogP contribution in [0.1, 0.15) is 12.8 Å². The van der Waals surface area contributed by atoms with E-state index in [-0.39, 0.29) is 5.69 Å². The zero-order valence-electron chi connectivity index (χ0n) is 9.80. The molecule has 1 aliphatic heterocycles. The van der Waals surface area contributed by atoms with E-state index in [1.807, 2.05) is 0 Å². The average Bonchev–Trinajstić information content (AvgIpc) is 2.33. The number of aromatic nitrogens is 1. The maximum absolute atomic E-state index is 10.5. The van der Waals surface area contributed by atoms with E-state index in [0.717, 1.165) is 25.9 Å². The quantitative estimate of drug-likeness (QED) is 0.636. The summed E-state index contributed by atoms with van der Waals surface area (Å²) < 4.78 is 0. The van der Waals surface area contributed by atoms with E-state index in [2.05, 4.69) is 22.2 Å². The molecule has 1 fully saturated rings. The Morgan fingerprint density at radius 1 is 1.47 bits per heavy atom. The SMILES string of the molecule is CN1CCC(Nc2ccc([N+](=O)[O-])cn2)CC1. The van der Waals surface area contributed by atoms with E-state index in [9.17, 15) is 10.1 Å². The monoisotopic (exact) mass is 236 g/mol. The number of hydrogen-bond donors (Lipinski definition) is 1. The number of nitrogens with one attached hydrogen (secondary N) is 1. The Balaban J connectivity index is 1.92. The Hall–Kier alpha value is -1.69. The third-order valence-electron chi connectivity index (χ3n) is 3.03. The number of anilines is 1. The van der Waals surface area contributed by atoms with Gasteiger partial charge < -0.3 is 10.2 Å². The molecule has 0 bridgehead atoms. The fraction of sp³-hybridized carbons (Fsp3) is 0.545. The molecule has 6 nitrogen and oxygen atoms in total. The van der Waals surface area contributed by atoms with Gasteiger partial charge >= 0.3 is 0 Å². The summed E-state index contributed by atoms with van der Waals surface area (Å²) in [5.74, 6) is 0.713. The zero-order chi connectivity index (χ0) is 12.3. The molecule has 1 N–H and O–H groups in total. The van der Waals surface area contributed by atoms with Crippen LogP contribution in [0.2, 0.25) is 0 Å². The normalized spacial score (nSPS) is 17.9. The summed E-state index contributed by atoms with van der Waals surface area (Å²) >= 11 is 0. The molecule has 0 saturated carbocycles. The second kappa shape index (κ2) is 5.09. The van der Waals surface area contributed by atoms with Crippen LogP contribution >= 0.6 is 0 Å². The molecule has 17 heavy (non-hydrogen) atoms. The molecule has 1 aromatic heterocycles. The van der Waals surface area contributed by atoms with Crippen molar-refractivity contribution in [1.29, 1.82) is 0 Å². The number of nitrogens with zero attached hydrogens (tertiary/aromatic N) is 3. The summed E-state index contributed by atoms with van der Waals surface area (Å²) in [5.41, 5.74) is 0.0268. The molecule has 6 heteroatoms. The Morgan fingerprint density at radius 3 is 2.71 bits per heavy atom. The standard InChI is InChI=1S/C11H16N4O2/c1-14-6-4-9(5-7-14)13-11-3-2-10(8-12-11)15(16)17/h2-3,8-9H,4-7H2,1H3,(H,12,13). The van der Waals surface area contributed by atoms with Gasteiger partial charge in [-0.1, -0.05) is 0 Å². The summed E-state index contributed by atoms with van der Waals surface area (Å²) in [4.78, 5) is 16.4. The highest BCUT2D eigenvalue weighted by Gasteiger charge is 2.16. The predicted molar refractivity (Wildman–Crippen MR) is 65.0 cm³/mol. The molecule has 1 aromatic rings. The van der Waals surface area contributed by atoms with Crippen LogP contribution in [0.3, 0.4) is 0 Å². The van der Waals surface area contributed by atoms with Crippen molar-refractivity contribution in [2.24, 2.45) is 0 Å². The molecule has 0 spiro atoms. The second-order valence-electron chi connectivity index (χ2n) is 4.38. The number of piperidine rings is 1. The molecular formula is C11H16N4O2. The van der Waals surface area contributed by atoms with Gasteiger partial charge in [-0.2, -0.15) is 0 Å². The summed E-state index contributed by atoms with van der Waals surface area (Å²) in [6.07, 6.45) is 3.45. The van der Waals surface area contributed by atoms with Crippen molar-refractivity contribution < 1.29 is 4.92 Å². The van der Waals surface area contributed by atoms with E-state index in [1.54, 1.807) is 6.07 Å². The molecule has 0 aliphatic carbocycles. The van der Waals surface area contributed by atoms with Crippen molar-refractivity contribution in [1.82, 2.24) is 9.88 Å². The number of nitro groups is 1. The molecule has 1 aliphatic rings. The van der Waals surface area contributed by atoms with Crippen molar-refractivity contribution in [2.75, 3.05) is 25.5 Å². The van der Waals surface area contributed by atoms with Crippen LogP contribution in [0.5, 0.6) is 0 Å². The van der Waals surface area contributed by atoms with Gasteiger partial charge in [0.05, 0.1) is 4.92 Å². The minimum Gasteiger partial charge on any atom is -0.367 e. The minimum absolute atomic E-state index is 0.0268. The van der Waals surface area contributed by atoms with E-state index in [4.69, 9.17) is 0 Å². The second-order valence-corrected chi connectivity index (χ2v) is 4.38. The van der Waals surface area contributed by atoms with Crippen LogP contribution in [0.25, 0.3) is 0 Å². The molecule has 2 heterocycles. The van der Waals surface area contributed by atoms with E-state index < -0.39 is 4.92 Å². The lowest BCUT2D eigenvalue weighted by molar-refractivity contribution is -0.385. The Morgan fingerprint density at radius 2 is 2.18 bits per heavy atom. The predicted octanol–water partition coefficient (Wildman–Crippen LogP) is 1.50. The molecular weight excluding hydrogens is 220 g/mol. The van der Waals surface area contributed by atoms with Gasteiger partial charge in [0.1, 0.15) is 12.0 Å². The number of pyridine rings is 1. The van der Waals surface area contributed by atoms with Crippen molar-refractivity contribution in [3.05, 3.63) is 28.4 Å². The summed E-state index contributed by atoms with van der Waals surface area (Å²) in [6, 6.07) is 3.56. The number of hydrogen-bond acceptors (Lipinski definition) is 5. The lowest BCUT2D eigenvalue weighted by Gasteiger charge is -2.29. The van der Waals surface area contributed by atoms with Crippen LogP contribution < -0.4 is 5.32 Å². The van der Waals surface area contributed by atoms with Crippen molar-refractivity contribution in [2.45, 2.75) is 18.9 Å². The van der Waals surface area contributed by atoms with Crippen molar-refractivity contribution in [3.8, 4) is 0 Å². The van der Waals surface area contributed by atoms with Gasteiger partial charge in [0.2, 0.25) is 0 Å². The van der Waals surface area contributed by atoms with Crippen LogP contribution in [0.4, 0.5) is 11.5 Å². The fourth-order valence-electron chi connectivity index (χ4n) is 1.94. The highest BCUT2D eigenvalue weighted by atomic mass is 16.6. The largest absolute Gasteiger partial charge is 0.367 e. The van der Waals surface area contributed by atoms with Gasteiger partial charge in [-0.3, -0.25) is 10.1 Å². The first kappa shape index (κ1) is 11.8. The van der Waals surface area contributed by atoms with E-state index >= 15 is 0 Å². The number of rotatable bonds is 3. The summed E-state index contributed by atoms with van der Waals surface area (Å²) in [6.45, 7) is 2.15. The lowest BCUT2D eigenvalue weighted by atomic mass is 10.1. The van der Waals surface area contributed by atoms with Crippen LogP contribution in [-0.2, 0) is 0 Å². The lowest BCUT2D eigenvalue weighted by Crippen LogP contribution is -2.36. The maximum Gasteiger partial charge on any atom is 0.287 e. The third kappa shape index (κ3) is 3.13. The van der Waals surface area contributed by atoms with Crippen LogP contribution in [0.15, 0.2) is 18.3 Å². The molecule has 0 atom stereocenters. The highest BCUT2D eigenvalue weighted by Crippen LogP contribution is 2.16. The van der Waals surface area contributed by atoms with Gasteiger partial charge in [0.15, 0.2) is 0 Å². The van der Waals surface area contributed by atoms with Crippen LogP contribution in [0, 0.1) is 10.1 Å². The molecule has 2 rings (SSSR count). The first-order chi connectivity index (χ1) is 8.15. The first-order valence-corrected chi connectivity index (χ1v) is 5.70. The van der Waals surface area contributed by atoms with Crippen molar-refractivity contribution >= 4 is 11.5 Å². The van der Waals surface area contributed by atoms with Crippen LogP contribution in [-0.4, -0.2) is 41.0 Å². The van der Waals surface area contributed by atoms with Gasteiger partial charge in [-0.05, 0) is 39.0 Å². The molecule has 92 valence electrons. The smallest absolute Gasteiger partial charge is 0.287 e. The molecule has 1 saturated heterocycles. The minimum atomic E-state index is -0.438. The van der Waals surface area contributed by atoms with E-state index in [0.29, 0.717) is 11.9 Å². The van der Waals surface area contributed by atoms with Gasteiger partial charge in [-0.15, -0.1) is 0 Å². The zero-order valence-corrected chi connectivity index (χ0v) is 9.80.